The van der Waals surface area contributed by atoms with Gasteiger partial charge in [-0.2, -0.15) is 18.3 Å². The zero-order valence-electron chi connectivity index (χ0n) is 12.5. The Morgan fingerprint density at radius 1 is 1.42 bits per heavy atom. The molecule has 128 valence electrons. The Labute approximate surface area is 141 Å². The summed E-state index contributed by atoms with van der Waals surface area (Å²) in [6.45, 7) is 0.216. The number of halogens is 4. The minimum Gasteiger partial charge on any atom is -0.308 e. The van der Waals surface area contributed by atoms with Crippen LogP contribution in [0.3, 0.4) is 0 Å². The summed E-state index contributed by atoms with van der Waals surface area (Å²) in [5.41, 5.74) is 0.780. The van der Waals surface area contributed by atoms with Crippen LogP contribution in [0.1, 0.15) is 19.3 Å². The fraction of sp³-hybridized carbons (Fsp3) is 0.400. The van der Waals surface area contributed by atoms with Gasteiger partial charge in [0.15, 0.2) is 5.15 Å². The maximum atomic E-state index is 12.6. The van der Waals surface area contributed by atoms with Gasteiger partial charge in [0, 0.05) is 12.7 Å². The zero-order valence-corrected chi connectivity index (χ0v) is 13.3. The maximum Gasteiger partial charge on any atom is 0.397 e. The number of rotatable bonds is 5. The average Bonchev–Trinajstić information content (AvgIpc) is 3.25. The van der Waals surface area contributed by atoms with Gasteiger partial charge in [0.25, 0.3) is 0 Å². The van der Waals surface area contributed by atoms with E-state index >= 15 is 0 Å². The Hall–Kier alpha value is -2.09. The molecule has 1 fully saturated rings. The molecule has 24 heavy (non-hydrogen) atoms. The third kappa shape index (κ3) is 4.05. The number of hydrogen-bond acceptors (Lipinski definition) is 3. The molecule has 0 aromatic carbocycles. The minimum atomic E-state index is -4.56. The SMILES string of the molecule is O=C(CC(F)(F)F)N(CC1CC1)c1cn(-c2cccnc2)nc1Cl. The lowest BCUT2D eigenvalue weighted by Crippen LogP contribution is -2.35. The Kier molecular flexibility index (Phi) is 4.49. The highest BCUT2D eigenvalue weighted by Crippen LogP contribution is 2.35. The van der Waals surface area contributed by atoms with Gasteiger partial charge in [-0.1, -0.05) is 11.6 Å². The number of aromatic nitrogens is 3. The molecule has 0 N–H and O–H groups in total. The number of amides is 1. The molecule has 0 aliphatic heterocycles. The first-order chi connectivity index (χ1) is 11.3. The van der Waals surface area contributed by atoms with E-state index in [0.717, 1.165) is 17.7 Å². The van der Waals surface area contributed by atoms with Crippen molar-refractivity contribution >= 4 is 23.2 Å². The predicted octanol–water partition coefficient (Wildman–Crippen LogP) is 3.62. The van der Waals surface area contributed by atoms with Crippen molar-refractivity contribution in [2.45, 2.75) is 25.4 Å². The fourth-order valence-electron chi connectivity index (χ4n) is 2.31. The second kappa shape index (κ2) is 6.43. The maximum absolute atomic E-state index is 12.6. The van der Waals surface area contributed by atoms with E-state index < -0.39 is 18.5 Å². The molecule has 0 atom stereocenters. The van der Waals surface area contributed by atoms with Crippen molar-refractivity contribution < 1.29 is 18.0 Å². The van der Waals surface area contributed by atoms with E-state index in [1.807, 2.05) is 0 Å². The highest BCUT2D eigenvalue weighted by atomic mass is 35.5. The first-order valence-electron chi connectivity index (χ1n) is 7.36. The Balaban J connectivity index is 1.90. The van der Waals surface area contributed by atoms with Crippen molar-refractivity contribution in [1.29, 1.82) is 0 Å². The number of pyridine rings is 1. The smallest absolute Gasteiger partial charge is 0.308 e. The second-order valence-corrected chi connectivity index (χ2v) is 6.06. The van der Waals surface area contributed by atoms with Crippen LogP contribution in [0.15, 0.2) is 30.7 Å². The molecule has 0 bridgehead atoms. The van der Waals surface area contributed by atoms with Crippen molar-refractivity contribution in [3.05, 3.63) is 35.9 Å². The zero-order chi connectivity index (χ0) is 17.3. The third-order valence-corrected chi connectivity index (χ3v) is 3.91. The number of nitrogens with zero attached hydrogens (tertiary/aromatic N) is 4. The van der Waals surface area contributed by atoms with Gasteiger partial charge in [-0.3, -0.25) is 9.78 Å². The average molecular weight is 359 g/mol. The van der Waals surface area contributed by atoms with Crippen molar-refractivity contribution in [3.8, 4) is 5.69 Å². The Morgan fingerprint density at radius 2 is 2.17 bits per heavy atom. The molecule has 9 heteroatoms. The first-order valence-corrected chi connectivity index (χ1v) is 7.74. The van der Waals surface area contributed by atoms with Crippen molar-refractivity contribution in [3.63, 3.8) is 0 Å². The molecule has 2 aromatic heterocycles. The summed E-state index contributed by atoms with van der Waals surface area (Å²) in [5.74, 6) is -0.818. The molecular weight excluding hydrogens is 345 g/mol. The van der Waals surface area contributed by atoms with E-state index in [1.54, 1.807) is 18.3 Å². The van der Waals surface area contributed by atoms with E-state index in [9.17, 15) is 18.0 Å². The Bertz CT molecular complexity index is 728. The first kappa shape index (κ1) is 16.8. The summed E-state index contributed by atoms with van der Waals surface area (Å²) in [6.07, 6.45) is 0.279. The van der Waals surface area contributed by atoms with Gasteiger partial charge in [-0.05, 0) is 30.9 Å². The van der Waals surface area contributed by atoms with Crippen LogP contribution in [0.25, 0.3) is 5.69 Å². The summed E-state index contributed by atoms with van der Waals surface area (Å²) >= 11 is 6.08. The van der Waals surface area contributed by atoms with Crippen molar-refractivity contribution in [1.82, 2.24) is 14.8 Å². The van der Waals surface area contributed by atoms with Crippen LogP contribution >= 0.6 is 11.6 Å². The van der Waals surface area contributed by atoms with Crippen molar-refractivity contribution in [2.24, 2.45) is 5.92 Å². The highest BCUT2D eigenvalue weighted by molar-refractivity contribution is 6.32. The summed E-state index contributed by atoms with van der Waals surface area (Å²) in [7, 11) is 0. The molecule has 1 aliphatic rings. The van der Waals surface area contributed by atoms with Crippen LogP contribution in [0.2, 0.25) is 5.15 Å². The lowest BCUT2D eigenvalue weighted by molar-refractivity contribution is -0.151. The van der Waals surface area contributed by atoms with Crippen LogP contribution in [0.5, 0.6) is 0 Å². The molecule has 5 nitrogen and oxygen atoms in total. The second-order valence-electron chi connectivity index (χ2n) is 5.70. The van der Waals surface area contributed by atoms with E-state index in [2.05, 4.69) is 10.1 Å². The van der Waals surface area contributed by atoms with Gasteiger partial charge in [-0.25, -0.2) is 4.68 Å². The lowest BCUT2D eigenvalue weighted by Gasteiger charge is -2.22. The standard InChI is InChI=1S/C15H14ClF3N4O/c16-14-12(9-23(21-14)11-2-1-5-20-7-11)22(8-10-3-4-10)13(24)6-15(17,18)19/h1-2,5,7,9-10H,3-4,6,8H2. The van der Waals surface area contributed by atoms with E-state index in [0.29, 0.717) is 5.69 Å². The van der Waals surface area contributed by atoms with Crippen LogP contribution in [-0.4, -0.2) is 33.4 Å². The number of anilines is 1. The topological polar surface area (TPSA) is 51.0 Å². The largest absolute Gasteiger partial charge is 0.397 e. The molecule has 2 heterocycles. The molecule has 1 saturated carbocycles. The molecule has 0 radical (unpaired) electrons. The van der Waals surface area contributed by atoms with Crippen molar-refractivity contribution in [2.75, 3.05) is 11.4 Å². The number of carbonyl (C=O) groups excluding carboxylic acids is 1. The van der Waals surface area contributed by atoms with Gasteiger partial charge >= 0.3 is 6.18 Å². The Morgan fingerprint density at radius 3 is 2.75 bits per heavy atom. The predicted molar refractivity (Wildman–Crippen MR) is 82.1 cm³/mol. The molecule has 2 aromatic rings. The molecular formula is C15H14ClF3N4O. The summed E-state index contributed by atoms with van der Waals surface area (Å²) in [6, 6.07) is 3.42. The van der Waals surface area contributed by atoms with Crippen LogP contribution < -0.4 is 4.90 Å². The molecule has 0 saturated heterocycles. The van der Waals surface area contributed by atoms with Crippen LogP contribution in [0.4, 0.5) is 18.9 Å². The molecule has 1 amide bonds. The van der Waals surface area contributed by atoms with E-state index in [4.69, 9.17) is 11.6 Å². The number of carbonyl (C=O) groups is 1. The fourth-order valence-corrected chi connectivity index (χ4v) is 2.54. The normalized spacial score (nSPS) is 14.7. The van der Waals surface area contributed by atoms with Gasteiger partial charge < -0.3 is 4.90 Å². The minimum absolute atomic E-state index is 0.0185. The van der Waals surface area contributed by atoms with Gasteiger partial charge in [0.1, 0.15) is 12.1 Å². The summed E-state index contributed by atoms with van der Waals surface area (Å²) in [4.78, 5) is 17.2. The van der Waals surface area contributed by atoms with Crippen LogP contribution in [0, 0.1) is 5.92 Å². The summed E-state index contributed by atoms with van der Waals surface area (Å²) < 4.78 is 39.2. The van der Waals surface area contributed by atoms with Crippen LogP contribution in [-0.2, 0) is 4.79 Å². The van der Waals surface area contributed by atoms with Gasteiger partial charge in [0.05, 0.1) is 18.1 Å². The van der Waals surface area contributed by atoms with Gasteiger partial charge in [-0.15, -0.1) is 0 Å². The third-order valence-electron chi connectivity index (χ3n) is 3.64. The van der Waals surface area contributed by atoms with E-state index in [1.165, 1.54) is 17.1 Å². The summed E-state index contributed by atoms with van der Waals surface area (Å²) in [5, 5.41) is 4.06. The number of alkyl halides is 3. The monoisotopic (exact) mass is 358 g/mol. The highest BCUT2D eigenvalue weighted by Gasteiger charge is 2.37. The lowest BCUT2D eigenvalue weighted by atomic mass is 10.3. The number of hydrogen-bond donors (Lipinski definition) is 0. The molecule has 0 spiro atoms. The van der Waals surface area contributed by atoms with E-state index in [-0.39, 0.29) is 23.3 Å². The molecule has 3 rings (SSSR count). The molecule has 1 aliphatic carbocycles. The van der Waals surface area contributed by atoms with Gasteiger partial charge in [0.2, 0.25) is 5.91 Å². The quantitative estimate of drug-likeness (QED) is 0.820. The molecule has 0 unspecified atom stereocenters.